The van der Waals surface area contributed by atoms with E-state index < -0.39 is 24.2 Å². The summed E-state index contributed by atoms with van der Waals surface area (Å²) in [6.07, 6.45) is -0.182. The monoisotopic (exact) mass is 1220 g/mol. The summed E-state index contributed by atoms with van der Waals surface area (Å²) >= 11 is 0. The number of nitrogens with zero attached hydrogens (tertiary/aromatic N) is 12. The largest absolute Gasteiger partial charge is 1.00 e. The molecule has 2 aliphatic heterocycles. The van der Waals surface area contributed by atoms with Crippen LogP contribution in [0.2, 0.25) is 0 Å². The minimum atomic E-state index is -4.98. The van der Waals surface area contributed by atoms with Crippen molar-refractivity contribution >= 4 is 57.8 Å². The number of amides is 2. The van der Waals surface area contributed by atoms with Gasteiger partial charge in [0.1, 0.15) is 11.4 Å². The van der Waals surface area contributed by atoms with Gasteiger partial charge in [0.25, 0.3) is 0 Å². The molecule has 6 rings (SSSR count). The lowest BCUT2D eigenvalue weighted by atomic mass is 10.1. The fourth-order valence-electron chi connectivity index (χ4n) is 8.19. The molecule has 0 spiro atoms. The Bertz CT molecular complexity index is 2310. The number of halogens is 10. The van der Waals surface area contributed by atoms with Crippen LogP contribution in [0.4, 0.5) is 72.4 Å². The van der Waals surface area contributed by atoms with E-state index in [9.17, 15) is 35.9 Å². The first kappa shape index (κ1) is 67.3. The zero-order valence-corrected chi connectivity index (χ0v) is 47.0. The van der Waals surface area contributed by atoms with Crippen molar-refractivity contribution in [2.45, 2.75) is 91.9 Å². The fraction of sp³-hybridized carbons (Fsp3) is 0.565. The predicted octanol–water partition coefficient (Wildman–Crippen LogP) is -6.87. The number of anilines is 4. The number of azo groups is 2. The first-order chi connectivity index (χ1) is 33.6. The van der Waals surface area contributed by atoms with Crippen molar-refractivity contribution in [1.82, 2.24) is 19.8 Å². The van der Waals surface area contributed by atoms with Crippen LogP contribution in [0.1, 0.15) is 53.4 Å². The Labute approximate surface area is 462 Å². The van der Waals surface area contributed by atoms with Gasteiger partial charge in [0.05, 0.1) is 86.8 Å². The maximum atomic E-state index is 12.4. The summed E-state index contributed by atoms with van der Waals surface area (Å²) in [5, 5.41) is 21.6. The Kier molecular flexibility index (Phi) is 29.7. The summed E-state index contributed by atoms with van der Waals surface area (Å²) in [4.78, 5) is 31.5. The van der Waals surface area contributed by atoms with E-state index in [1.807, 2.05) is 28.8 Å². The second-order valence-corrected chi connectivity index (χ2v) is 16.7. The van der Waals surface area contributed by atoms with Crippen molar-refractivity contribution in [1.29, 1.82) is 0 Å². The van der Waals surface area contributed by atoms with Crippen molar-refractivity contribution in [2.24, 2.45) is 20.5 Å². The van der Waals surface area contributed by atoms with Gasteiger partial charge < -0.3 is 100 Å². The van der Waals surface area contributed by atoms with Gasteiger partial charge in [-0.2, -0.15) is 26.3 Å². The lowest BCUT2D eigenvalue weighted by Crippen LogP contribution is -3.00. The minimum absolute atomic E-state index is 0. The molecule has 0 bridgehead atoms. The maximum absolute atomic E-state index is 12.4. The van der Waals surface area contributed by atoms with Crippen molar-refractivity contribution < 1.29 is 115 Å². The summed E-state index contributed by atoms with van der Waals surface area (Å²) in [5.41, 5.74) is 14.0. The third-order valence-electron chi connectivity index (χ3n) is 12.0. The van der Waals surface area contributed by atoms with Crippen LogP contribution >= 0.6 is 0 Å². The molecule has 2 amide bonds. The third-order valence-corrected chi connectivity index (χ3v) is 12.0. The van der Waals surface area contributed by atoms with E-state index in [0.717, 1.165) is 114 Å². The average Bonchev–Trinajstić information content (AvgIpc) is 3.94. The number of carbonyl (C=O) groups excluding carboxylic acids is 2. The van der Waals surface area contributed by atoms with Crippen molar-refractivity contribution in [3.05, 3.63) is 61.2 Å². The molecule has 18 nitrogen and oxygen atoms in total. The number of imidazole rings is 2. The molecule has 0 radical (unpaired) electrons. The topological polar surface area (TPSA) is 193 Å². The number of quaternary nitrogens is 2. The quantitative estimate of drug-likeness (QED) is 0.0262. The Morgan fingerprint density at radius 3 is 1.30 bits per heavy atom. The smallest absolute Gasteiger partial charge is 0.471 e. The Morgan fingerprint density at radius 1 is 0.554 bits per heavy atom. The van der Waals surface area contributed by atoms with Crippen molar-refractivity contribution in [2.75, 3.05) is 98.1 Å². The van der Waals surface area contributed by atoms with E-state index in [1.54, 1.807) is 21.5 Å². The molecule has 416 valence electrons. The molecule has 2 aromatic carbocycles. The van der Waals surface area contributed by atoms with Gasteiger partial charge in [0.2, 0.25) is 0 Å². The number of rotatable bonds is 22. The number of aromatic nitrogens is 4. The molecule has 4 heterocycles. The highest BCUT2D eigenvalue weighted by Gasteiger charge is 2.39. The molecule has 2 aromatic heterocycles. The number of likely N-dealkylation sites (N-methyl/N-ethyl adjacent to an activating group) is 4. The fourth-order valence-corrected chi connectivity index (χ4v) is 8.19. The van der Waals surface area contributed by atoms with Crippen LogP contribution in [-0.4, -0.2) is 112 Å². The van der Waals surface area contributed by atoms with Gasteiger partial charge in [-0.05, 0) is 76.9 Å². The van der Waals surface area contributed by atoms with Crippen LogP contribution in [0.15, 0.2) is 81.6 Å². The number of aryl methyl sites for hydroxylation is 4. The number of hydrogen-bond acceptors (Lipinski definition) is 10. The second-order valence-electron chi connectivity index (χ2n) is 16.7. The Balaban J connectivity index is 0.000000737. The summed E-state index contributed by atoms with van der Waals surface area (Å²) in [6.45, 7) is 19.7. The van der Waals surface area contributed by atoms with E-state index in [-0.39, 0.29) is 97.8 Å². The van der Waals surface area contributed by atoms with Crippen LogP contribution in [-0.2, 0) is 35.8 Å². The Hall–Kier alpha value is -4.76. The first-order valence-corrected chi connectivity index (χ1v) is 24.1. The number of nitrogens with one attached hydrogen (secondary N) is 2. The molecular formula is C46H70Br2Cl2F6N16O2. The van der Waals surface area contributed by atoms with Gasteiger partial charge >= 0.3 is 36.1 Å². The standard InChI is InChI=1S/C25H32F6N8O2.C21H35N8.2BrH.2ClH/c1-3-36-13-14-37(4-2)20-17-18(7-8-19(20)36)34-35-23-38(11-5-9-32-21(40)24(26,27)28)15-16-39(23)12-6-10-33-22(41)25(29,30)31;1-3-26-13-14-27(4-2)20-17-18(7-8-19(20)26)24-25-21-28(11-5-9-22)15-16-29(21)12-6-10-23;;;;/h7-8,15-17H,3-6,9-14H2,1-2H3,(H-,32,33,40,41);7-8,15-17H,3-6,9-14,22-23H2,1-2H3;4*1H/q;+1;;;;/p-1. The molecule has 0 saturated carbocycles. The van der Waals surface area contributed by atoms with Crippen LogP contribution < -0.4 is 110 Å². The number of carbonyl (C=O) groups is 2. The van der Waals surface area contributed by atoms with E-state index >= 15 is 0 Å². The highest BCUT2D eigenvalue weighted by molar-refractivity contribution is 5.82. The van der Waals surface area contributed by atoms with Gasteiger partial charge in [-0.25, -0.2) is 18.3 Å². The van der Waals surface area contributed by atoms with Gasteiger partial charge in [-0.15, -0.1) is 0 Å². The highest BCUT2D eigenvalue weighted by atomic mass is 79.9. The van der Waals surface area contributed by atoms with Crippen LogP contribution in [0, 0.1) is 0 Å². The molecule has 74 heavy (non-hydrogen) atoms. The molecular weight excluding hydrogens is 1150 g/mol. The van der Waals surface area contributed by atoms with Crippen molar-refractivity contribution in [3.8, 4) is 0 Å². The van der Waals surface area contributed by atoms with Crippen LogP contribution in [0.25, 0.3) is 0 Å². The zero-order valence-electron chi connectivity index (χ0n) is 42.3. The Morgan fingerprint density at radius 2 is 0.919 bits per heavy atom. The summed E-state index contributed by atoms with van der Waals surface area (Å²) in [6, 6.07) is 12.1. The van der Waals surface area contributed by atoms with Gasteiger partial charge in [0.15, 0.2) is 0 Å². The van der Waals surface area contributed by atoms with E-state index in [1.165, 1.54) is 11.4 Å². The van der Waals surface area contributed by atoms with Crippen LogP contribution in [0.5, 0.6) is 0 Å². The number of benzene rings is 2. The molecule has 2 aliphatic rings. The molecule has 28 heteroatoms. The van der Waals surface area contributed by atoms with Crippen molar-refractivity contribution in [3.63, 3.8) is 0 Å². The number of hydrogen-bond donors (Lipinski definition) is 4. The molecule has 0 saturated heterocycles. The van der Waals surface area contributed by atoms with E-state index in [0.29, 0.717) is 11.6 Å². The van der Waals surface area contributed by atoms with E-state index in [4.69, 9.17) is 0 Å². The predicted molar refractivity (Wildman–Crippen MR) is 254 cm³/mol. The maximum Gasteiger partial charge on any atom is 0.471 e. The lowest BCUT2D eigenvalue weighted by Gasteiger charge is -2.38. The molecule has 4 aromatic rings. The lowest BCUT2D eigenvalue weighted by molar-refractivity contribution is -0.686. The summed E-state index contributed by atoms with van der Waals surface area (Å²) < 4.78 is 82.2. The molecule has 0 aliphatic carbocycles. The van der Waals surface area contributed by atoms with Gasteiger partial charge in [-0.1, -0.05) is 10.2 Å². The van der Waals surface area contributed by atoms with Gasteiger partial charge in [0, 0.05) is 88.5 Å². The SMILES string of the molecule is CCN1CCN(CC)c2cc(N=Nc3n(CCCNC(=O)C(F)(F)F)cc[n+]3CCCNC(=O)C(F)(F)F)ccc21.CCN1CCN(CC)c2cc(N=Nc3n(CCC[NH3+])cc[n+]3CCC[NH3+])ccc21.[Br-].[Br-].[Cl-].[Cl-]. The second kappa shape index (κ2) is 32.6. The van der Waals surface area contributed by atoms with Gasteiger partial charge in [-0.3, -0.25) is 9.59 Å². The highest BCUT2D eigenvalue weighted by Crippen LogP contribution is 2.38. The minimum Gasteiger partial charge on any atom is -1.00 e. The average molecular weight is 1220 g/mol. The van der Waals surface area contributed by atoms with Crippen LogP contribution in [0.3, 0.4) is 0 Å². The molecule has 0 unspecified atom stereocenters. The molecule has 0 atom stereocenters. The number of fused-ring (bicyclic) bond motifs is 2. The number of alkyl halides is 6. The first-order valence-electron chi connectivity index (χ1n) is 24.1. The molecule has 0 fully saturated rings. The molecule has 8 N–H and O–H groups in total. The summed E-state index contributed by atoms with van der Waals surface area (Å²) in [7, 11) is 0. The third kappa shape index (κ3) is 18.8. The van der Waals surface area contributed by atoms with E-state index in [2.05, 4.69) is 119 Å². The summed E-state index contributed by atoms with van der Waals surface area (Å²) in [5.74, 6) is -2.87. The normalized spacial score (nSPS) is 13.2. The zero-order chi connectivity index (χ0) is 50.8.